The number of hydrogen-bond donors (Lipinski definition) is 2. The first kappa shape index (κ1) is 17.4. The topological polar surface area (TPSA) is 117 Å². The number of nitriles is 1. The summed E-state index contributed by atoms with van der Waals surface area (Å²) in [6, 6.07) is 1.11. The molecule has 0 radical (unpaired) electrons. The van der Waals surface area contributed by atoms with Crippen molar-refractivity contribution in [1.82, 2.24) is 20.4 Å². The van der Waals surface area contributed by atoms with Gasteiger partial charge in [0.25, 0.3) is 5.56 Å². The summed E-state index contributed by atoms with van der Waals surface area (Å²) in [7, 11) is 0. The van der Waals surface area contributed by atoms with Gasteiger partial charge in [-0.15, -0.1) is 0 Å². The summed E-state index contributed by atoms with van der Waals surface area (Å²) in [5, 5.41) is 18.1. The molecule has 1 atom stereocenters. The smallest absolute Gasteiger partial charge is 0.285 e. The van der Waals surface area contributed by atoms with Gasteiger partial charge in [-0.05, 0) is 33.3 Å². The summed E-state index contributed by atoms with van der Waals surface area (Å²) in [6.07, 6.45) is 0. The van der Waals surface area contributed by atoms with E-state index in [2.05, 4.69) is 15.7 Å². The van der Waals surface area contributed by atoms with Gasteiger partial charge in [-0.3, -0.25) is 14.4 Å². The molecule has 0 aliphatic rings. The lowest BCUT2D eigenvalue weighted by Crippen LogP contribution is -2.46. The van der Waals surface area contributed by atoms with E-state index in [-0.39, 0.29) is 18.0 Å². The largest absolute Gasteiger partial charge is 0.355 e. The fourth-order valence-corrected chi connectivity index (χ4v) is 1.83. The molecule has 2 N–H and O–H groups in total. The van der Waals surface area contributed by atoms with E-state index in [0.29, 0.717) is 17.8 Å². The zero-order valence-electron chi connectivity index (χ0n) is 13.1. The Balaban J connectivity index is 2.91. The van der Waals surface area contributed by atoms with Gasteiger partial charge >= 0.3 is 0 Å². The highest BCUT2D eigenvalue weighted by Crippen LogP contribution is 2.04. The standard InChI is InChI=1S/C14H19N5O3/c1-5-16-13(21)10(4)17-12(20)7-19-14(22)11(6-15)8(2)9(3)18-19/h10H,5,7H2,1-4H3,(H,16,21)(H,17,20)/t10-/m1/s1. The monoisotopic (exact) mass is 305 g/mol. The number of amides is 2. The Morgan fingerprint density at radius 3 is 2.59 bits per heavy atom. The molecule has 0 aliphatic heterocycles. The molecule has 2 amide bonds. The predicted molar refractivity (Wildman–Crippen MR) is 79.0 cm³/mol. The van der Waals surface area contributed by atoms with Gasteiger partial charge in [-0.1, -0.05) is 0 Å². The number of carbonyl (C=O) groups excluding carboxylic acids is 2. The van der Waals surface area contributed by atoms with Crippen molar-refractivity contribution in [1.29, 1.82) is 5.26 Å². The summed E-state index contributed by atoms with van der Waals surface area (Å²) in [5.74, 6) is -0.838. The van der Waals surface area contributed by atoms with E-state index in [1.54, 1.807) is 27.7 Å². The van der Waals surface area contributed by atoms with Crippen LogP contribution >= 0.6 is 0 Å². The predicted octanol–water partition coefficient (Wildman–Crippen LogP) is -0.627. The maximum Gasteiger partial charge on any atom is 0.285 e. The molecule has 8 heteroatoms. The summed E-state index contributed by atoms with van der Waals surface area (Å²) in [5.41, 5.74) is 0.351. The fourth-order valence-electron chi connectivity index (χ4n) is 1.83. The van der Waals surface area contributed by atoms with Gasteiger partial charge in [0.05, 0.1) is 5.69 Å². The van der Waals surface area contributed by atoms with Crippen molar-refractivity contribution in [2.75, 3.05) is 6.54 Å². The number of aryl methyl sites for hydroxylation is 1. The Labute approximate surface area is 128 Å². The zero-order valence-corrected chi connectivity index (χ0v) is 13.1. The lowest BCUT2D eigenvalue weighted by molar-refractivity contribution is -0.128. The van der Waals surface area contributed by atoms with Gasteiger partial charge in [-0.2, -0.15) is 10.4 Å². The molecule has 1 aromatic heterocycles. The SMILES string of the molecule is CCNC(=O)[C@@H](C)NC(=O)Cn1nc(C)c(C)c(C#N)c1=O. The Bertz CT molecular complexity index is 687. The highest BCUT2D eigenvalue weighted by Gasteiger charge is 2.17. The Morgan fingerprint density at radius 2 is 2.05 bits per heavy atom. The molecule has 1 rings (SSSR count). The third-order valence-corrected chi connectivity index (χ3v) is 3.16. The molecule has 0 fully saturated rings. The van der Waals surface area contributed by atoms with Crippen molar-refractivity contribution >= 4 is 11.8 Å². The van der Waals surface area contributed by atoms with Crippen LogP contribution in [0.3, 0.4) is 0 Å². The van der Waals surface area contributed by atoms with Gasteiger partial charge in [0.15, 0.2) is 0 Å². The second kappa shape index (κ2) is 7.36. The van der Waals surface area contributed by atoms with E-state index < -0.39 is 17.5 Å². The minimum Gasteiger partial charge on any atom is -0.355 e. The number of hydrogen-bond acceptors (Lipinski definition) is 5. The number of rotatable bonds is 5. The molecule has 0 saturated heterocycles. The maximum atomic E-state index is 12.0. The minimum absolute atomic E-state index is 0.0305. The van der Waals surface area contributed by atoms with E-state index in [4.69, 9.17) is 5.26 Å². The molecule has 1 aromatic rings. The first-order chi connectivity index (χ1) is 10.3. The Kier molecular flexibility index (Phi) is 5.81. The van der Waals surface area contributed by atoms with Crippen molar-refractivity contribution < 1.29 is 9.59 Å². The molecule has 0 bridgehead atoms. The van der Waals surface area contributed by atoms with Crippen LogP contribution in [0.1, 0.15) is 30.7 Å². The minimum atomic E-state index is -0.717. The van der Waals surface area contributed by atoms with Gasteiger partial charge in [0, 0.05) is 6.54 Å². The molecule has 0 unspecified atom stereocenters. The lowest BCUT2D eigenvalue weighted by Gasteiger charge is -2.14. The Morgan fingerprint density at radius 1 is 1.41 bits per heavy atom. The van der Waals surface area contributed by atoms with Crippen molar-refractivity contribution in [3.63, 3.8) is 0 Å². The van der Waals surface area contributed by atoms with E-state index in [1.807, 2.05) is 6.07 Å². The molecule has 22 heavy (non-hydrogen) atoms. The van der Waals surface area contributed by atoms with Crippen LogP contribution in [-0.4, -0.2) is 34.2 Å². The number of nitrogens with zero attached hydrogens (tertiary/aromatic N) is 3. The van der Waals surface area contributed by atoms with E-state index in [0.717, 1.165) is 4.68 Å². The van der Waals surface area contributed by atoms with Crippen LogP contribution in [0, 0.1) is 25.2 Å². The van der Waals surface area contributed by atoms with Crippen molar-refractivity contribution in [3.05, 3.63) is 27.2 Å². The highest BCUT2D eigenvalue weighted by molar-refractivity contribution is 5.87. The summed E-state index contributed by atoms with van der Waals surface area (Å²) < 4.78 is 0.931. The van der Waals surface area contributed by atoms with Crippen LogP contribution in [0.25, 0.3) is 0 Å². The van der Waals surface area contributed by atoms with Crippen molar-refractivity contribution in [2.45, 2.75) is 40.3 Å². The molecule has 0 aliphatic carbocycles. The van der Waals surface area contributed by atoms with Crippen LogP contribution in [0.4, 0.5) is 0 Å². The molecular formula is C14H19N5O3. The number of nitrogens with one attached hydrogen (secondary N) is 2. The number of carbonyl (C=O) groups is 2. The number of likely N-dealkylation sites (N-methyl/N-ethyl adjacent to an activating group) is 1. The molecule has 0 saturated carbocycles. The van der Waals surface area contributed by atoms with E-state index >= 15 is 0 Å². The molecule has 8 nitrogen and oxygen atoms in total. The van der Waals surface area contributed by atoms with Crippen molar-refractivity contribution in [2.24, 2.45) is 0 Å². The molecule has 1 heterocycles. The van der Waals surface area contributed by atoms with Crippen LogP contribution in [-0.2, 0) is 16.1 Å². The lowest BCUT2D eigenvalue weighted by atomic mass is 10.1. The third-order valence-electron chi connectivity index (χ3n) is 3.16. The third kappa shape index (κ3) is 3.91. The molecule has 118 valence electrons. The number of aromatic nitrogens is 2. The second-order valence-electron chi connectivity index (χ2n) is 4.84. The van der Waals surface area contributed by atoms with Gasteiger partial charge in [0.2, 0.25) is 11.8 Å². The Hall–Kier alpha value is -2.69. The first-order valence-electron chi connectivity index (χ1n) is 6.87. The quantitative estimate of drug-likeness (QED) is 0.751. The summed E-state index contributed by atoms with van der Waals surface area (Å²) in [6.45, 7) is 6.71. The molecular weight excluding hydrogens is 286 g/mol. The molecule has 0 spiro atoms. The van der Waals surface area contributed by atoms with Crippen LogP contribution in [0.5, 0.6) is 0 Å². The van der Waals surface area contributed by atoms with Gasteiger partial charge < -0.3 is 10.6 Å². The first-order valence-corrected chi connectivity index (χ1v) is 6.87. The summed E-state index contributed by atoms with van der Waals surface area (Å²) >= 11 is 0. The average molecular weight is 305 g/mol. The van der Waals surface area contributed by atoms with Crippen molar-refractivity contribution in [3.8, 4) is 6.07 Å². The average Bonchev–Trinajstić information content (AvgIpc) is 2.45. The van der Waals surface area contributed by atoms with Gasteiger partial charge in [0.1, 0.15) is 24.2 Å². The zero-order chi connectivity index (χ0) is 16.9. The van der Waals surface area contributed by atoms with Crippen LogP contribution in [0.15, 0.2) is 4.79 Å². The highest BCUT2D eigenvalue weighted by atomic mass is 16.2. The normalized spacial score (nSPS) is 11.4. The van der Waals surface area contributed by atoms with Gasteiger partial charge in [-0.25, -0.2) is 4.68 Å². The summed E-state index contributed by atoms with van der Waals surface area (Å²) in [4.78, 5) is 35.5. The van der Waals surface area contributed by atoms with E-state index in [9.17, 15) is 14.4 Å². The molecule has 0 aromatic carbocycles. The van der Waals surface area contributed by atoms with E-state index in [1.165, 1.54) is 0 Å². The maximum absolute atomic E-state index is 12.0. The second-order valence-corrected chi connectivity index (χ2v) is 4.84. The fraction of sp³-hybridized carbons (Fsp3) is 0.500. The van der Waals surface area contributed by atoms with Crippen LogP contribution < -0.4 is 16.2 Å². The van der Waals surface area contributed by atoms with Crippen LogP contribution in [0.2, 0.25) is 0 Å².